The van der Waals surface area contributed by atoms with Crippen molar-refractivity contribution in [1.29, 1.82) is 0 Å². The van der Waals surface area contributed by atoms with E-state index in [2.05, 4.69) is 25.3 Å². The van der Waals surface area contributed by atoms with Crippen LogP contribution in [0, 0.1) is 0 Å². The molecule has 1 aromatic carbocycles. The number of rotatable bonds is 7. The number of nitrogens with one attached hydrogen (secondary N) is 2. The van der Waals surface area contributed by atoms with E-state index in [-0.39, 0.29) is 30.1 Å². The first kappa shape index (κ1) is 22.4. The molecule has 12 heteroatoms. The lowest BCUT2D eigenvalue weighted by atomic mass is 10.2. The van der Waals surface area contributed by atoms with Gasteiger partial charge in [-0.25, -0.2) is 14.8 Å². The Kier molecular flexibility index (Phi) is 6.66. The molecule has 3 N–H and O–H groups in total. The van der Waals surface area contributed by atoms with E-state index in [1.807, 2.05) is 30.3 Å². The maximum absolute atomic E-state index is 12.4. The number of ether oxygens (including phenoxy) is 2. The third-order valence-corrected chi connectivity index (χ3v) is 4.99. The number of carbonyl (C=O) groups is 1. The van der Waals surface area contributed by atoms with Crippen LogP contribution in [0.3, 0.4) is 0 Å². The number of aromatic amines is 1. The van der Waals surface area contributed by atoms with Gasteiger partial charge in [0.1, 0.15) is 0 Å². The van der Waals surface area contributed by atoms with Crippen molar-refractivity contribution in [2.75, 3.05) is 20.7 Å². The second-order valence-corrected chi connectivity index (χ2v) is 7.77. The molecule has 4 rings (SSSR count). The Morgan fingerprint density at radius 3 is 2.94 bits per heavy atom. The van der Waals surface area contributed by atoms with Crippen LogP contribution in [0.4, 0.5) is 10.7 Å². The van der Waals surface area contributed by atoms with Gasteiger partial charge in [-0.2, -0.15) is 4.98 Å². The predicted molar refractivity (Wildman–Crippen MR) is 119 cm³/mol. The van der Waals surface area contributed by atoms with Crippen LogP contribution in [0.25, 0.3) is 11.2 Å². The number of hydrogen-bond donors (Lipinski definition) is 3. The van der Waals surface area contributed by atoms with Crippen LogP contribution in [-0.2, 0) is 16.0 Å². The average Bonchev–Trinajstić information content (AvgIpc) is 3.41. The van der Waals surface area contributed by atoms with E-state index in [1.165, 1.54) is 17.2 Å². The number of aliphatic imine (C=N–C) groups is 1. The van der Waals surface area contributed by atoms with Crippen LogP contribution >= 0.6 is 0 Å². The van der Waals surface area contributed by atoms with Crippen LogP contribution < -0.4 is 10.9 Å². The van der Waals surface area contributed by atoms with Crippen LogP contribution in [0.15, 0.2) is 46.4 Å². The highest BCUT2D eigenvalue weighted by Gasteiger charge is 2.40. The Balaban J connectivity index is 1.56. The summed E-state index contributed by atoms with van der Waals surface area (Å²) in [7, 11) is 3.58. The van der Waals surface area contributed by atoms with Gasteiger partial charge in [-0.15, -0.1) is 0 Å². The minimum Gasteiger partial charge on any atom is -0.441 e. The lowest BCUT2D eigenvalue weighted by molar-refractivity contribution is -0.0518. The summed E-state index contributed by atoms with van der Waals surface area (Å²) in [5, 5.41) is 12.3. The average molecular weight is 455 g/mol. The van der Waals surface area contributed by atoms with Crippen molar-refractivity contribution >= 4 is 29.5 Å². The van der Waals surface area contributed by atoms with Gasteiger partial charge >= 0.3 is 6.09 Å². The van der Waals surface area contributed by atoms with E-state index < -0.39 is 30.1 Å². The molecular weight excluding hydrogens is 430 g/mol. The number of fused-ring (bicyclic) bond motifs is 1. The topological polar surface area (TPSA) is 147 Å². The van der Waals surface area contributed by atoms with Crippen LogP contribution in [0.1, 0.15) is 18.2 Å². The fourth-order valence-electron chi connectivity index (χ4n) is 3.47. The fraction of sp³-hybridized carbons (Fsp3) is 0.381. The Labute approximate surface area is 188 Å². The fourth-order valence-corrected chi connectivity index (χ4v) is 3.47. The summed E-state index contributed by atoms with van der Waals surface area (Å²) >= 11 is 0. The molecule has 33 heavy (non-hydrogen) atoms. The molecule has 0 saturated carbocycles. The number of carbonyl (C=O) groups excluding carboxylic acids is 1. The number of imidazole rings is 1. The summed E-state index contributed by atoms with van der Waals surface area (Å²) in [6.07, 6.45) is 0.445. The second kappa shape index (κ2) is 9.79. The SMILES string of the molecule is CN(C)C=Nc1nc2c(ncn2[C@@H]2O[C@H](CO)CC2OC(=O)NCc2ccccc2)c(=O)[nH]1. The third-order valence-electron chi connectivity index (χ3n) is 4.99. The molecule has 1 amide bonds. The minimum atomic E-state index is -0.824. The molecule has 0 bridgehead atoms. The number of nitrogens with zero attached hydrogens (tertiary/aromatic N) is 5. The summed E-state index contributed by atoms with van der Waals surface area (Å²) < 4.78 is 13.0. The molecule has 0 aliphatic carbocycles. The first-order valence-corrected chi connectivity index (χ1v) is 10.4. The third kappa shape index (κ3) is 5.18. The number of aliphatic hydroxyl groups excluding tert-OH is 1. The normalized spacial score (nSPS) is 20.4. The second-order valence-electron chi connectivity index (χ2n) is 7.77. The van der Waals surface area contributed by atoms with Crippen molar-refractivity contribution in [3.63, 3.8) is 0 Å². The Morgan fingerprint density at radius 2 is 2.21 bits per heavy atom. The van der Waals surface area contributed by atoms with Crippen LogP contribution in [-0.4, -0.2) is 74.9 Å². The van der Waals surface area contributed by atoms with Gasteiger partial charge in [0.25, 0.3) is 5.56 Å². The van der Waals surface area contributed by atoms with Gasteiger partial charge in [0.2, 0.25) is 5.95 Å². The first-order valence-electron chi connectivity index (χ1n) is 10.4. The largest absolute Gasteiger partial charge is 0.441 e. The van der Waals surface area contributed by atoms with Gasteiger partial charge in [-0.1, -0.05) is 30.3 Å². The van der Waals surface area contributed by atoms with Crippen molar-refractivity contribution in [1.82, 2.24) is 29.7 Å². The number of benzene rings is 1. The highest BCUT2D eigenvalue weighted by molar-refractivity contribution is 5.71. The number of H-pyrrole nitrogens is 1. The van der Waals surface area contributed by atoms with Gasteiger partial charge in [-0.05, 0) is 5.56 Å². The highest BCUT2D eigenvalue weighted by Crippen LogP contribution is 2.33. The van der Waals surface area contributed by atoms with Gasteiger partial charge in [-0.3, -0.25) is 14.3 Å². The van der Waals surface area contributed by atoms with Crippen molar-refractivity contribution < 1.29 is 19.4 Å². The van der Waals surface area contributed by atoms with E-state index in [0.717, 1.165) is 5.56 Å². The van der Waals surface area contributed by atoms with E-state index in [1.54, 1.807) is 19.0 Å². The number of amides is 1. The number of hydrogen-bond acceptors (Lipinski definition) is 8. The molecule has 1 aliphatic rings. The maximum atomic E-state index is 12.4. The molecule has 3 heterocycles. The van der Waals surface area contributed by atoms with Gasteiger partial charge in [0.05, 0.1) is 25.4 Å². The molecule has 1 unspecified atom stereocenters. The number of aliphatic hydroxyl groups is 1. The Bertz CT molecular complexity index is 1190. The highest BCUT2D eigenvalue weighted by atomic mass is 16.6. The van der Waals surface area contributed by atoms with Gasteiger partial charge < -0.3 is 24.8 Å². The predicted octanol–water partition coefficient (Wildman–Crippen LogP) is 0.916. The Hall–Kier alpha value is -3.77. The number of aromatic nitrogens is 4. The smallest absolute Gasteiger partial charge is 0.407 e. The van der Waals surface area contributed by atoms with Gasteiger partial charge in [0, 0.05) is 27.1 Å². The van der Waals surface area contributed by atoms with E-state index >= 15 is 0 Å². The van der Waals surface area contributed by atoms with Crippen LogP contribution in [0.2, 0.25) is 0 Å². The zero-order chi connectivity index (χ0) is 23.4. The first-order chi connectivity index (χ1) is 15.9. The molecule has 1 saturated heterocycles. The molecule has 1 fully saturated rings. The summed E-state index contributed by atoms with van der Waals surface area (Å²) in [5.74, 6) is 0.0951. The van der Waals surface area contributed by atoms with Crippen molar-refractivity contribution in [3.05, 3.63) is 52.6 Å². The van der Waals surface area contributed by atoms with Crippen molar-refractivity contribution in [2.24, 2.45) is 4.99 Å². The molecule has 1 aliphatic heterocycles. The van der Waals surface area contributed by atoms with E-state index in [4.69, 9.17) is 9.47 Å². The molecule has 2 aromatic heterocycles. The lowest BCUT2D eigenvalue weighted by Gasteiger charge is -2.20. The summed E-state index contributed by atoms with van der Waals surface area (Å²) in [4.78, 5) is 41.8. The molecule has 0 spiro atoms. The minimum absolute atomic E-state index is 0.0951. The maximum Gasteiger partial charge on any atom is 0.407 e. The molecule has 12 nitrogen and oxygen atoms in total. The summed E-state index contributed by atoms with van der Waals surface area (Å²) in [6, 6.07) is 9.43. The van der Waals surface area contributed by atoms with Crippen molar-refractivity contribution in [3.8, 4) is 0 Å². The van der Waals surface area contributed by atoms with E-state index in [9.17, 15) is 14.7 Å². The Morgan fingerprint density at radius 1 is 1.42 bits per heavy atom. The lowest BCUT2D eigenvalue weighted by Crippen LogP contribution is -2.31. The number of alkyl carbamates (subject to hydrolysis) is 1. The van der Waals surface area contributed by atoms with Crippen LogP contribution in [0.5, 0.6) is 0 Å². The molecule has 3 aromatic rings. The standard InChI is InChI=1S/C21H25N7O5/c1-27(2)11-24-20-25-17-16(18(30)26-20)23-12-28(17)19-15(8-14(10-29)32-19)33-21(31)22-9-13-6-4-3-5-7-13/h3-7,11-12,14-15,19,29H,8-10H2,1-2H3,(H,22,31)(H,25,26,30)/t14-,15?,19+/m0/s1. The molecule has 174 valence electrons. The zero-order valence-electron chi connectivity index (χ0n) is 18.2. The van der Waals surface area contributed by atoms with E-state index in [0.29, 0.717) is 6.54 Å². The van der Waals surface area contributed by atoms with Gasteiger partial charge in [0.15, 0.2) is 23.5 Å². The molecule has 0 radical (unpaired) electrons. The summed E-state index contributed by atoms with van der Waals surface area (Å²) in [5.41, 5.74) is 0.796. The quantitative estimate of drug-likeness (QED) is 0.352. The molecular formula is C21H25N7O5. The summed E-state index contributed by atoms with van der Waals surface area (Å²) in [6.45, 7) is 0.0561. The van der Waals surface area contributed by atoms with Crippen molar-refractivity contribution in [2.45, 2.75) is 31.4 Å². The molecule has 3 atom stereocenters. The monoisotopic (exact) mass is 455 g/mol. The zero-order valence-corrected chi connectivity index (χ0v) is 18.2.